The number of anilines is 2. The van der Waals surface area contributed by atoms with Gasteiger partial charge in [-0.15, -0.1) is 0 Å². The van der Waals surface area contributed by atoms with Gasteiger partial charge in [-0.25, -0.2) is 0 Å². The quantitative estimate of drug-likeness (QED) is 0.327. The molecular formula is C23H17Cl2N3O2S. The number of rotatable bonds is 5. The van der Waals surface area contributed by atoms with Crippen molar-refractivity contribution in [3.05, 3.63) is 100 Å². The second-order valence-electron chi connectivity index (χ2n) is 6.37. The van der Waals surface area contributed by atoms with Crippen LogP contribution in [0.5, 0.6) is 0 Å². The van der Waals surface area contributed by atoms with Gasteiger partial charge in [0.15, 0.2) is 5.11 Å². The highest BCUT2D eigenvalue weighted by molar-refractivity contribution is 7.80. The summed E-state index contributed by atoms with van der Waals surface area (Å²) in [6.45, 7) is 0. The molecule has 3 N–H and O–H groups in total. The molecule has 0 saturated heterocycles. The predicted molar refractivity (Wildman–Crippen MR) is 131 cm³/mol. The van der Waals surface area contributed by atoms with E-state index in [9.17, 15) is 9.59 Å². The van der Waals surface area contributed by atoms with Crippen molar-refractivity contribution in [2.45, 2.75) is 0 Å². The smallest absolute Gasteiger partial charge is 0.255 e. The van der Waals surface area contributed by atoms with Crippen molar-refractivity contribution in [3.63, 3.8) is 0 Å². The fraction of sp³-hybridized carbons (Fsp3) is 0. The zero-order valence-electron chi connectivity index (χ0n) is 16.1. The monoisotopic (exact) mass is 469 g/mol. The van der Waals surface area contributed by atoms with E-state index >= 15 is 0 Å². The van der Waals surface area contributed by atoms with E-state index in [0.29, 0.717) is 27.0 Å². The van der Waals surface area contributed by atoms with Crippen LogP contribution in [0.3, 0.4) is 0 Å². The molecule has 0 bridgehead atoms. The summed E-state index contributed by atoms with van der Waals surface area (Å²) in [6.07, 6.45) is 3.02. The molecule has 3 aromatic rings. The van der Waals surface area contributed by atoms with Crippen molar-refractivity contribution in [1.82, 2.24) is 5.32 Å². The molecule has 0 spiro atoms. The lowest BCUT2D eigenvalue weighted by molar-refractivity contribution is -0.115. The van der Waals surface area contributed by atoms with E-state index in [1.807, 2.05) is 0 Å². The number of halogens is 2. The first-order valence-electron chi connectivity index (χ1n) is 9.12. The maximum Gasteiger partial charge on any atom is 0.255 e. The van der Waals surface area contributed by atoms with Crippen LogP contribution in [-0.4, -0.2) is 16.9 Å². The summed E-state index contributed by atoms with van der Waals surface area (Å²) in [7, 11) is 0. The highest BCUT2D eigenvalue weighted by Crippen LogP contribution is 2.17. The van der Waals surface area contributed by atoms with Crippen LogP contribution in [0.15, 0.2) is 78.9 Å². The van der Waals surface area contributed by atoms with Crippen molar-refractivity contribution >= 4 is 69.8 Å². The number of nitrogens with one attached hydrogen (secondary N) is 3. The largest absolute Gasteiger partial charge is 0.332 e. The van der Waals surface area contributed by atoms with Gasteiger partial charge in [0.1, 0.15) is 0 Å². The third-order valence-electron chi connectivity index (χ3n) is 4.00. The van der Waals surface area contributed by atoms with Crippen LogP contribution in [0.25, 0.3) is 6.08 Å². The molecule has 0 aliphatic heterocycles. The lowest BCUT2D eigenvalue weighted by Crippen LogP contribution is -2.32. The Bertz CT molecular complexity index is 1150. The van der Waals surface area contributed by atoms with E-state index in [0.717, 1.165) is 5.56 Å². The standard InChI is InChI=1S/C23H17Cl2N3O2S/c24-17-10-7-15(8-11-17)9-12-21(29)28-23(31)27-19-5-1-3-16(13-19)22(30)26-20-6-2-4-18(25)14-20/h1-14H,(H,26,30)(H2,27,28,29,31)/b12-9+. The van der Waals surface area contributed by atoms with Gasteiger partial charge < -0.3 is 10.6 Å². The molecule has 0 unspecified atom stereocenters. The SMILES string of the molecule is O=C(/C=C/c1ccc(Cl)cc1)NC(=S)Nc1cccc(C(=O)Nc2cccc(Cl)c2)c1. The summed E-state index contributed by atoms with van der Waals surface area (Å²) in [4.78, 5) is 24.5. The van der Waals surface area contributed by atoms with Crippen molar-refractivity contribution in [2.24, 2.45) is 0 Å². The van der Waals surface area contributed by atoms with E-state index in [2.05, 4.69) is 16.0 Å². The molecule has 3 rings (SSSR count). The van der Waals surface area contributed by atoms with Gasteiger partial charge in [-0.05, 0) is 72.4 Å². The molecule has 5 nitrogen and oxygen atoms in total. The zero-order chi connectivity index (χ0) is 22.2. The Balaban J connectivity index is 1.57. The summed E-state index contributed by atoms with van der Waals surface area (Å²) in [5.74, 6) is -0.686. The third-order valence-corrected chi connectivity index (χ3v) is 4.69. The molecule has 0 atom stereocenters. The van der Waals surface area contributed by atoms with E-state index < -0.39 is 0 Å². The molecule has 0 aliphatic carbocycles. The van der Waals surface area contributed by atoms with Gasteiger partial charge in [0.2, 0.25) is 5.91 Å². The molecule has 2 amide bonds. The highest BCUT2D eigenvalue weighted by Gasteiger charge is 2.08. The number of carbonyl (C=O) groups excluding carboxylic acids is 2. The number of benzene rings is 3. The number of carbonyl (C=O) groups is 2. The first kappa shape index (κ1) is 22.5. The van der Waals surface area contributed by atoms with Gasteiger partial charge >= 0.3 is 0 Å². The molecule has 0 heterocycles. The third kappa shape index (κ3) is 7.22. The van der Waals surface area contributed by atoms with Crippen molar-refractivity contribution in [1.29, 1.82) is 0 Å². The average molecular weight is 470 g/mol. The molecule has 0 aliphatic rings. The van der Waals surface area contributed by atoms with Crippen LogP contribution in [0.2, 0.25) is 10.0 Å². The van der Waals surface area contributed by atoms with Gasteiger partial charge in [0.05, 0.1) is 0 Å². The molecule has 0 radical (unpaired) electrons. The van der Waals surface area contributed by atoms with Crippen LogP contribution >= 0.6 is 35.4 Å². The van der Waals surface area contributed by atoms with E-state index in [1.165, 1.54) is 6.08 Å². The van der Waals surface area contributed by atoms with E-state index in [1.54, 1.807) is 78.9 Å². The fourth-order valence-corrected chi connectivity index (χ4v) is 3.10. The Labute approximate surface area is 195 Å². The lowest BCUT2D eigenvalue weighted by Gasteiger charge is -2.10. The summed E-state index contributed by atoms with van der Waals surface area (Å²) >= 11 is 17.0. The molecule has 3 aromatic carbocycles. The number of hydrogen-bond acceptors (Lipinski definition) is 3. The maximum atomic E-state index is 12.5. The van der Waals surface area contributed by atoms with Crippen LogP contribution in [0.1, 0.15) is 15.9 Å². The second kappa shape index (κ2) is 10.7. The molecule has 0 fully saturated rings. The second-order valence-corrected chi connectivity index (χ2v) is 7.65. The Kier molecular flexibility index (Phi) is 7.78. The molecule has 0 saturated carbocycles. The minimum Gasteiger partial charge on any atom is -0.332 e. The summed E-state index contributed by atoms with van der Waals surface area (Å²) in [5.41, 5.74) is 2.40. The van der Waals surface area contributed by atoms with Gasteiger partial charge in [-0.1, -0.05) is 47.5 Å². The van der Waals surface area contributed by atoms with Gasteiger partial charge in [0.25, 0.3) is 5.91 Å². The number of thiocarbonyl (C=S) groups is 1. The van der Waals surface area contributed by atoms with Crippen molar-refractivity contribution in [2.75, 3.05) is 10.6 Å². The summed E-state index contributed by atoms with van der Waals surface area (Å²) in [5, 5.41) is 9.49. The predicted octanol–water partition coefficient (Wildman–Crippen LogP) is 5.77. The minimum absolute atomic E-state index is 0.109. The fourth-order valence-electron chi connectivity index (χ4n) is 2.57. The molecule has 8 heteroatoms. The lowest BCUT2D eigenvalue weighted by atomic mass is 10.2. The van der Waals surface area contributed by atoms with Crippen LogP contribution < -0.4 is 16.0 Å². The van der Waals surface area contributed by atoms with E-state index in [-0.39, 0.29) is 16.9 Å². The molecular weight excluding hydrogens is 453 g/mol. The molecule has 156 valence electrons. The first-order valence-corrected chi connectivity index (χ1v) is 10.3. The number of amides is 2. The zero-order valence-corrected chi connectivity index (χ0v) is 18.4. The van der Waals surface area contributed by atoms with Gasteiger partial charge in [-0.3, -0.25) is 14.9 Å². The maximum absolute atomic E-state index is 12.5. The van der Waals surface area contributed by atoms with Crippen LogP contribution in [0.4, 0.5) is 11.4 Å². The first-order chi connectivity index (χ1) is 14.9. The van der Waals surface area contributed by atoms with Gasteiger partial charge in [-0.2, -0.15) is 0 Å². The Morgan fingerprint density at radius 2 is 1.48 bits per heavy atom. The van der Waals surface area contributed by atoms with Crippen molar-refractivity contribution in [3.8, 4) is 0 Å². The van der Waals surface area contributed by atoms with Crippen molar-refractivity contribution < 1.29 is 9.59 Å². The summed E-state index contributed by atoms with van der Waals surface area (Å²) in [6, 6.07) is 20.7. The topological polar surface area (TPSA) is 70.2 Å². The Morgan fingerprint density at radius 3 is 2.19 bits per heavy atom. The molecule has 0 aromatic heterocycles. The minimum atomic E-state index is -0.387. The normalized spacial score (nSPS) is 10.5. The van der Waals surface area contributed by atoms with Crippen LogP contribution in [0, 0.1) is 0 Å². The Hall–Kier alpha value is -3.19. The summed E-state index contributed by atoms with van der Waals surface area (Å²) < 4.78 is 0. The van der Waals surface area contributed by atoms with Crippen LogP contribution in [-0.2, 0) is 4.79 Å². The van der Waals surface area contributed by atoms with E-state index in [4.69, 9.17) is 35.4 Å². The Morgan fingerprint density at radius 1 is 0.806 bits per heavy atom. The molecule has 31 heavy (non-hydrogen) atoms. The highest BCUT2D eigenvalue weighted by atomic mass is 35.5. The number of hydrogen-bond donors (Lipinski definition) is 3. The average Bonchev–Trinajstić information content (AvgIpc) is 2.73. The van der Waals surface area contributed by atoms with Gasteiger partial charge in [0, 0.05) is 33.1 Å².